The number of rotatable bonds is 3. The summed E-state index contributed by atoms with van der Waals surface area (Å²) in [5.41, 5.74) is 5.25. The molecule has 2 aromatic heterocycles. The second kappa shape index (κ2) is 6.91. The van der Waals surface area contributed by atoms with Gasteiger partial charge in [-0.25, -0.2) is 4.98 Å². The third-order valence-electron chi connectivity index (χ3n) is 5.66. The Morgan fingerprint density at radius 3 is 2.77 bits per heavy atom. The molecule has 0 saturated heterocycles. The average molecular weight is 400 g/mol. The third-order valence-corrected chi connectivity index (χ3v) is 5.66. The van der Waals surface area contributed by atoms with Crippen molar-refractivity contribution in [3.05, 3.63) is 75.8 Å². The summed E-state index contributed by atoms with van der Waals surface area (Å²) in [6, 6.07) is 13.7. The van der Waals surface area contributed by atoms with E-state index in [1.165, 1.54) is 16.5 Å². The van der Waals surface area contributed by atoms with E-state index in [1.807, 2.05) is 56.3 Å². The van der Waals surface area contributed by atoms with E-state index in [4.69, 9.17) is 0 Å². The smallest absolute Gasteiger partial charge is 0.284 e. The van der Waals surface area contributed by atoms with Crippen LogP contribution in [0, 0.1) is 13.8 Å². The molecule has 0 bridgehead atoms. The Labute approximate surface area is 172 Å². The van der Waals surface area contributed by atoms with Gasteiger partial charge in [0.1, 0.15) is 12.9 Å². The molecule has 0 spiro atoms. The Hall–Kier alpha value is -3.81. The maximum absolute atomic E-state index is 12.9. The molecule has 1 aliphatic heterocycles. The largest absolute Gasteiger partial charge is 0.310 e. The lowest BCUT2D eigenvalue weighted by Gasteiger charge is -2.17. The molecule has 0 atom stereocenters. The van der Waals surface area contributed by atoms with Gasteiger partial charge in [0.05, 0.1) is 5.69 Å². The van der Waals surface area contributed by atoms with Gasteiger partial charge in [-0.2, -0.15) is 4.68 Å². The number of aryl methyl sites for hydroxylation is 2. The van der Waals surface area contributed by atoms with Crippen LogP contribution in [0.25, 0.3) is 16.9 Å². The number of nitrogens with zero attached hydrogens (tertiary/aromatic N) is 6. The fourth-order valence-electron chi connectivity index (χ4n) is 3.82. The quantitative estimate of drug-likeness (QED) is 0.526. The predicted molar refractivity (Wildman–Crippen MR) is 113 cm³/mol. The normalized spacial score (nSPS) is 13.1. The lowest BCUT2D eigenvalue weighted by Crippen LogP contribution is -2.35. The third kappa shape index (κ3) is 2.88. The number of aromatic nitrogens is 5. The molecule has 0 radical (unpaired) electrons. The van der Waals surface area contributed by atoms with Crippen molar-refractivity contribution >= 4 is 22.8 Å². The van der Waals surface area contributed by atoms with Crippen LogP contribution in [0.4, 0.5) is 5.69 Å². The number of carbonyl (C=O) groups is 1. The van der Waals surface area contributed by atoms with Gasteiger partial charge in [0.15, 0.2) is 11.2 Å². The van der Waals surface area contributed by atoms with E-state index in [1.54, 1.807) is 9.58 Å². The number of hydrogen-bond acceptors (Lipinski definition) is 5. The van der Waals surface area contributed by atoms with Gasteiger partial charge < -0.3 is 4.90 Å². The molecule has 1 amide bonds. The first-order chi connectivity index (χ1) is 14.5. The fourth-order valence-corrected chi connectivity index (χ4v) is 3.82. The average Bonchev–Trinajstić information content (AvgIpc) is 3.37. The van der Waals surface area contributed by atoms with E-state index in [-0.39, 0.29) is 23.5 Å². The van der Waals surface area contributed by atoms with Crippen LogP contribution in [0.5, 0.6) is 0 Å². The molecule has 0 unspecified atom stereocenters. The Morgan fingerprint density at radius 1 is 1.10 bits per heavy atom. The summed E-state index contributed by atoms with van der Waals surface area (Å²) >= 11 is 0. The molecule has 2 aromatic carbocycles. The number of para-hydroxylation sites is 1. The molecule has 8 nitrogen and oxygen atoms in total. The van der Waals surface area contributed by atoms with Crippen LogP contribution in [0.15, 0.2) is 53.6 Å². The first-order valence-corrected chi connectivity index (χ1v) is 9.79. The molecule has 1 aliphatic rings. The van der Waals surface area contributed by atoms with Crippen molar-refractivity contribution in [2.24, 2.45) is 0 Å². The highest BCUT2D eigenvalue weighted by Gasteiger charge is 2.25. The highest BCUT2D eigenvalue weighted by molar-refractivity contribution is 5.95. The molecule has 30 heavy (non-hydrogen) atoms. The maximum atomic E-state index is 12.9. The van der Waals surface area contributed by atoms with Crippen LogP contribution in [-0.4, -0.2) is 37.0 Å². The number of fused-ring (bicyclic) bond motifs is 2. The lowest BCUT2D eigenvalue weighted by atomic mass is 10.1. The van der Waals surface area contributed by atoms with Crippen molar-refractivity contribution < 1.29 is 4.79 Å². The van der Waals surface area contributed by atoms with Gasteiger partial charge in [-0.15, -0.1) is 5.10 Å². The summed E-state index contributed by atoms with van der Waals surface area (Å²) in [4.78, 5) is 31.9. The Bertz CT molecular complexity index is 1350. The number of amides is 1. The Kier molecular flexibility index (Phi) is 4.20. The monoisotopic (exact) mass is 400 g/mol. The predicted octanol–water partition coefficient (Wildman–Crippen LogP) is 2.18. The van der Waals surface area contributed by atoms with E-state index in [9.17, 15) is 9.59 Å². The van der Waals surface area contributed by atoms with Crippen LogP contribution >= 0.6 is 0 Å². The molecule has 0 fully saturated rings. The number of hydrogen-bond donors (Lipinski definition) is 0. The Morgan fingerprint density at radius 2 is 1.93 bits per heavy atom. The fraction of sp³-hybridized carbons (Fsp3) is 0.227. The summed E-state index contributed by atoms with van der Waals surface area (Å²) < 4.78 is 2.84. The molecular formula is C22H20N6O2. The van der Waals surface area contributed by atoms with Gasteiger partial charge in [0.2, 0.25) is 5.91 Å². The molecule has 150 valence electrons. The first kappa shape index (κ1) is 18.2. The second-order valence-electron chi connectivity index (χ2n) is 7.54. The van der Waals surface area contributed by atoms with Crippen LogP contribution in [0.3, 0.4) is 0 Å². The van der Waals surface area contributed by atoms with Crippen molar-refractivity contribution in [1.29, 1.82) is 0 Å². The SMILES string of the molecule is Cc1ccc(-n2nnc3c(=O)n(CC(=O)N4CCc5ccccc54)cnc32)cc1C. The van der Waals surface area contributed by atoms with Crippen LogP contribution in [-0.2, 0) is 17.8 Å². The van der Waals surface area contributed by atoms with Crippen molar-refractivity contribution in [2.75, 3.05) is 11.4 Å². The van der Waals surface area contributed by atoms with Crippen molar-refractivity contribution in [3.63, 3.8) is 0 Å². The van der Waals surface area contributed by atoms with E-state index < -0.39 is 0 Å². The van der Waals surface area contributed by atoms with Crippen LogP contribution < -0.4 is 10.5 Å². The van der Waals surface area contributed by atoms with Gasteiger partial charge in [-0.1, -0.05) is 29.5 Å². The topological polar surface area (TPSA) is 85.9 Å². The van der Waals surface area contributed by atoms with Crippen LogP contribution in [0.2, 0.25) is 0 Å². The van der Waals surface area contributed by atoms with Gasteiger partial charge in [0.25, 0.3) is 5.56 Å². The molecule has 0 aliphatic carbocycles. The van der Waals surface area contributed by atoms with E-state index in [0.717, 1.165) is 28.9 Å². The minimum atomic E-state index is -0.379. The second-order valence-corrected chi connectivity index (χ2v) is 7.54. The minimum absolute atomic E-state index is 0.0907. The summed E-state index contributed by atoms with van der Waals surface area (Å²) in [6.07, 6.45) is 2.21. The van der Waals surface area contributed by atoms with Gasteiger partial charge >= 0.3 is 0 Å². The first-order valence-electron chi connectivity index (χ1n) is 9.79. The summed E-state index contributed by atoms with van der Waals surface area (Å²) in [5, 5.41) is 8.16. The van der Waals surface area contributed by atoms with Gasteiger partial charge in [-0.3, -0.25) is 14.2 Å². The van der Waals surface area contributed by atoms with Crippen molar-refractivity contribution in [3.8, 4) is 5.69 Å². The van der Waals surface area contributed by atoms with Gasteiger partial charge in [-0.05, 0) is 55.2 Å². The Balaban J connectivity index is 1.47. The number of carbonyl (C=O) groups excluding carboxylic acids is 1. The lowest BCUT2D eigenvalue weighted by molar-refractivity contribution is -0.119. The zero-order chi connectivity index (χ0) is 20.8. The molecule has 4 aromatic rings. The highest BCUT2D eigenvalue weighted by Crippen LogP contribution is 2.27. The highest BCUT2D eigenvalue weighted by atomic mass is 16.2. The van der Waals surface area contributed by atoms with Crippen molar-refractivity contribution in [2.45, 2.75) is 26.8 Å². The van der Waals surface area contributed by atoms with Crippen molar-refractivity contribution in [1.82, 2.24) is 24.5 Å². The summed E-state index contributed by atoms with van der Waals surface area (Å²) in [7, 11) is 0. The zero-order valence-electron chi connectivity index (χ0n) is 16.7. The zero-order valence-corrected chi connectivity index (χ0v) is 16.7. The van der Waals surface area contributed by atoms with E-state index in [2.05, 4.69) is 15.3 Å². The number of anilines is 1. The standard InChI is InChI=1S/C22H20N6O2/c1-14-7-8-17(11-15(14)2)28-21-20(24-25-28)22(30)26(13-23-21)12-19(29)27-10-9-16-5-3-4-6-18(16)27/h3-8,11,13H,9-10,12H2,1-2H3. The van der Waals surface area contributed by atoms with E-state index in [0.29, 0.717) is 12.2 Å². The summed E-state index contributed by atoms with van der Waals surface area (Å²) in [5.74, 6) is -0.148. The molecular weight excluding hydrogens is 380 g/mol. The molecule has 8 heteroatoms. The minimum Gasteiger partial charge on any atom is -0.310 e. The number of benzene rings is 2. The molecule has 5 rings (SSSR count). The van der Waals surface area contributed by atoms with Crippen LogP contribution in [0.1, 0.15) is 16.7 Å². The summed E-state index contributed by atoms with van der Waals surface area (Å²) in [6.45, 7) is 4.57. The molecule has 0 saturated carbocycles. The van der Waals surface area contributed by atoms with E-state index >= 15 is 0 Å². The maximum Gasteiger partial charge on any atom is 0.284 e. The van der Waals surface area contributed by atoms with Gasteiger partial charge in [0, 0.05) is 12.2 Å². The molecule has 0 N–H and O–H groups in total. The molecule has 3 heterocycles.